The Kier molecular flexibility index (Phi) is 5.25. The van der Waals surface area contributed by atoms with Crippen molar-refractivity contribution in [2.75, 3.05) is 0 Å². The van der Waals surface area contributed by atoms with Gasteiger partial charge in [0.2, 0.25) is 0 Å². The molecule has 1 aliphatic rings. The van der Waals surface area contributed by atoms with Crippen molar-refractivity contribution in [3.05, 3.63) is 98.0 Å². The second kappa shape index (κ2) is 7.65. The quantitative estimate of drug-likeness (QED) is 0.311. The number of rotatable bonds is 3. The van der Waals surface area contributed by atoms with Crippen molar-refractivity contribution in [2.45, 2.75) is 6.29 Å². The van der Waals surface area contributed by atoms with Gasteiger partial charge in [0.25, 0.3) is 6.29 Å². The van der Waals surface area contributed by atoms with Crippen LogP contribution in [0.25, 0.3) is 5.57 Å². The summed E-state index contributed by atoms with van der Waals surface area (Å²) in [7, 11) is 0. The first-order valence-corrected chi connectivity index (χ1v) is 9.59. The van der Waals surface area contributed by atoms with Gasteiger partial charge in [-0.1, -0.05) is 107 Å². The normalized spacial score (nSPS) is 12.9. The SMILES string of the molecule is Clc1c(Cl)c(Cl)c2c(c1Cl)OC(C=C(c1ccccc1)c1ccccc1)O2. The van der Waals surface area contributed by atoms with Gasteiger partial charge < -0.3 is 9.47 Å². The maximum Gasteiger partial charge on any atom is 0.262 e. The highest BCUT2D eigenvalue weighted by Crippen LogP contribution is 2.53. The van der Waals surface area contributed by atoms with Crippen LogP contribution in [0.4, 0.5) is 0 Å². The molecule has 1 aliphatic heterocycles. The van der Waals surface area contributed by atoms with Crippen LogP contribution in [0.3, 0.4) is 0 Å². The maximum atomic E-state index is 6.25. The predicted molar refractivity (Wildman–Crippen MR) is 111 cm³/mol. The van der Waals surface area contributed by atoms with Crippen LogP contribution in [0.5, 0.6) is 11.5 Å². The molecule has 4 rings (SSSR count). The fourth-order valence-electron chi connectivity index (χ4n) is 2.86. The lowest BCUT2D eigenvalue weighted by Gasteiger charge is -2.12. The molecule has 0 spiro atoms. The van der Waals surface area contributed by atoms with Crippen LogP contribution < -0.4 is 9.47 Å². The van der Waals surface area contributed by atoms with E-state index in [-0.39, 0.29) is 31.6 Å². The Morgan fingerprint density at radius 1 is 0.630 bits per heavy atom. The van der Waals surface area contributed by atoms with Gasteiger partial charge in [-0.15, -0.1) is 0 Å². The van der Waals surface area contributed by atoms with E-state index in [1.807, 2.05) is 66.7 Å². The van der Waals surface area contributed by atoms with Gasteiger partial charge in [0.15, 0.2) is 11.5 Å². The molecule has 0 saturated heterocycles. The van der Waals surface area contributed by atoms with Gasteiger partial charge in [-0.2, -0.15) is 0 Å². The van der Waals surface area contributed by atoms with E-state index in [1.165, 1.54) is 0 Å². The zero-order chi connectivity index (χ0) is 19.0. The summed E-state index contributed by atoms with van der Waals surface area (Å²) < 4.78 is 11.7. The summed E-state index contributed by atoms with van der Waals surface area (Å²) in [6.45, 7) is 0. The van der Waals surface area contributed by atoms with Crippen molar-refractivity contribution >= 4 is 52.0 Å². The number of halogens is 4. The Bertz CT molecular complexity index is 939. The summed E-state index contributed by atoms with van der Waals surface area (Å²) in [6.07, 6.45) is 1.15. The molecule has 0 aliphatic carbocycles. The minimum Gasteiger partial charge on any atom is -0.446 e. The first kappa shape index (κ1) is 18.5. The van der Waals surface area contributed by atoms with Crippen molar-refractivity contribution in [1.29, 1.82) is 0 Å². The summed E-state index contributed by atoms with van der Waals surface area (Å²) >= 11 is 24.7. The Morgan fingerprint density at radius 2 is 1.04 bits per heavy atom. The number of hydrogen-bond acceptors (Lipinski definition) is 2. The van der Waals surface area contributed by atoms with Gasteiger partial charge in [0, 0.05) is 6.08 Å². The highest BCUT2D eigenvalue weighted by atomic mass is 35.5. The molecule has 27 heavy (non-hydrogen) atoms. The standard InChI is InChI=1S/C21H12Cl4O2/c22-16-17(23)19(25)21-20(18(16)24)26-15(27-21)11-14(12-7-3-1-4-8-12)13-9-5-2-6-10-13/h1-11,15H. The van der Waals surface area contributed by atoms with Gasteiger partial charge in [0.1, 0.15) is 10.0 Å². The molecule has 136 valence electrons. The minimum absolute atomic E-state index is 0.140. The Balaban J connectivity index is 1.77. The van der Waals surface area contributed by atoms with E-state index in [9.17, 15) is 0 Å². The van der Waals surface area contributed by atoms with Crippen molar-refractivity contribution in [3.8, 4) is 11.5 Å². The van der Waals surface area contributed by atoms with Crippen LogP contribution in [0, 0.1) is 0 Å². The van der Waals surface area contributed by atoms with Gasteiger partial charge in [-0.05, 0) is 16.7 Å². The number of hydrogen-bond donors (Lipinski definition) is 0. The fourth-order valence-corrected chi connectivity index (χ4v) is 3.76. The number of ether oxygens (including phenoxy) is 2. The van der Waals surface area contributed by atoms with E-state index in [2.05, 4.69) is 0 Å². The molecule has 2 nitrogen and oxygen atoms in total. The van der Waals surface area contributed by atoms with Crippen molar-refractivity contribution in [2.24, 2.45) is 0 Å². The van der Waals surface area contributed by atoms with Crippen LogP contribution in [0.1, 0.15) is 11.1 Å². The van der Waals surface area contributed by atoms with Crippen molar-refractivity contribution < 1.29 is 9.47 Å². The molecule has 0 aromatic heterocycles. The summed E-state index contributed by atoms with van der Waals surface area (Å²) in [5, 5.41) is 0.638. The lowest BCUT2D eigenvalue weighted by Crippen LogP contribution is -2.15. The summed E-state index contributed by atoms with van der Waals surface area (Å²) in [5.41, 5.74) is 3.01. The Hall–Kier alpha value is -1.84. The molecular formula is C21H12Cl4O2. The second-order valence-electron chi connectivity index (χ2n) is 5.83. The van der Waals surface area contributed by atoms with Gasteiger partial charge in [-0.25, -0.2) is 0 Å². The lowest BCUT2D eigenvalue weighted by molar-refractivity contribution is 0.0957. The maximum absolute atomic E-state index is 6.25. The van der Waals surface area contributed by atoms with E-state index in [0.717, 1.165) is 16.7 Å². The molecule has 0 atom stereocenters. The van der Waals surface area contributed by atoms with Crippen molar-refractivity contribution in [1.82, 2.24) is 0 Å². The topological polar surface area (TPSA) is 18.5 Å². The molecule has 3 aromatic carbocycles. The lowest BCUT2D eigenvalue weighted by atomic mass is 9.97. The monoisotopic (exact) mass is 436 g/mol. The van der Waals surface area contributed by atoms with E-state index < -0.39 is 6.29 Å². The van der Waals surface area contributed by atoms with E-state index in [4.69, 9.17) is 55.9 Å². The Labute approximate surface area is 176 Å². The third-order valence-electron chi connectivity index (χ3n) is 4.12. The molecule has 0 bridgehead atoms. The van der Waals surface area contributed by atoms with Crippen LogP contribution in [-0.4, -0.2) is 6.29 Å². The molecule has 1 heterocycles. The molecule has 0 amide bonds. The first-order valence-electron chi connectivity index (χ1n) is 8.08. The smallest absolute Gasteiger partial charge is 0.262 e. The summed E-state index contributed by atoms with van der Waals surface area (Å²) in [5.74, 6) is 0.579. The average Bonchev–Trinajstić information content (AvgIpc) is 3.14. The molecule has 3 aromatic rings. The number of benzene rings is 3. The van der Waals surface area contributed by atoms with Crippen LogP contribution in [0.2, 0.25) is 20.1 Å². The highest BCUT2D eigenvalue weighted by Gasteiger charge is 2.32. The van der Waals surface area contributed by atoms with Crippen LogP contribution in [0.15, 0.2) is 66.7 Å². The van der Waals surface area contributed by atoms with E-state index in [0.29, 0.717) is 0 Å². The molecular weight excluding hydrogens is 426 g/mol. The molecule has 0 saturated carbocycles. The molecule has 0 radical (unpaired) electrons. The van der Waals surface area contributed by atoms with Gasteiger partial charge in [-0.3, -0.25) is 0 Å². The van der Waals surface area contributed by atoms with Crippen LogP contribution in [-0.2, 0) is 0 Å². The summed E-state index contributed by atoms with van der Waals surface area (Å²) in [4.78, 5) is 0. The third-order valence-corrected chi connectivity index (χ3v) is 5.89. The Morgan fingerprint density at radius 3 is 1.44 bits per heavy atom. The average molecular weight is 438 g/mol. The van der Waals surface area contributed by atoms with Gasteiger partial charge >= 0.3 is 0 Å². The van der Waals surface area contributed by atoms with Crippen LogP contribution >= 0.6 is 46.4 Å². The van der Waals surface area contributed by atoms with E-state index >= 15 is 0 Å². The summed E-state index contributed by atoms with van der Waals surface area (Å²) in [6, 6.07) is 19.9. The second-order valence-corrected chi connectivity index (χ2v) is 7.34. The van der Waals surface area contributed by atoms with E-state index in [1.54, 1.807) is 0 Å². The number of fused-ring (bicyclic) bond motifs is 1. The highest BCUT2D eigenvalue weighted by molar-refractivity contribution is 6.53. The zero-order valence-corrected chi connectivity index (χ0v) is 16.8. The molecule has 6 heteroatoms. The first-order chi connectivity index (χ1) is 13.1. The molecule has 0 unspecified atom stereocenters. The zero-order valence-electron chi connectivity index (χ0n) is 13.8. The molecule has 0 N–H and O–H groups in total. The predicted octanol–water partition coefficient (Wildman–Crippen LogP) is 7.53. The largest absolute Gasteiger partial charge is 0.446 e. The molecule has 0 fully saturated rings. The van der Waals surface area contributed by atoms with Gasteiger partial charge in [0.05, 0.1) is 10.0 Å². The minimum atomic E-state index is -0.722. The fraction of sp³-hybridized carbons (Fsp3) is 0.0476. The van der Waals surface area contributed by atoms with Crippen molar-refractivity contribution in [3.63, 3.8) is 0 Å². The third kappa shape index (κ3) is 3.51.